The third-order valence-corrected chi connectivity index (χ3v) is 7.25. The number of rotatable bonds is 16. The van der Waals surface area contributed by atoms with Crippen molar-refractivity contribution < 1.29 is 23.4 Å². The zero-order valence-electron chi connectivity index (χ0n) is 23.6. The van der Waals surface area contributed by atoms with Crippen LogP contribution in [0, 0.1) is 11.2 Å². The minimum Gasteiger partial charge on any atom is -0.493 e. The Hall–Kier alpha value is -3.69. The molecule has 1 fully saturated rings. The van der Waals surface area contributed by atoms with E-state index < -0.39 is 11.2 Å². The summed E-state index contributed by atoms with van der Waals surface area (Å²) in [7, 11) is 1.58. The van der Waals surface area contributed by atoms with Gasteiger partial charge in [0, 0.05) is 49.0 Å². The molecule has 9 heteroatoms. The van der Waals surface area contributed by atoms with Gasteiger partial charge in [-0.05, 0) is 56.6 Å². The molecule has 0 unspecified atom stereocenters. The Kier molecular flexibility index (Phi) is 9.95. The van der Waals surface area contributed by atoms with Gasteiger partial charge in [0.1, 0.15) is 5.75 Å². The minimum absolute atomic E-state index is 0.0370. The van der Waals surface area contributed by atoms with Crippen LogP contribution in [-0.2, 0) is 4.79 Å². The highest BCUT2D eigenvalue weighted by atomic mass is 19.1. The van der Waals surface area contributed by atoms with E-state index >= 15 is 4.39 Å². The number of carbonyl (C=O) groups excluding carboxylic acids is 1. The number of halogens is 1. The fourth-order valence-electron chi connectivity index (χ4n) is 4.59. The largest absolute Gasteiger partial charge is 0.493 e. The predicted octanol–water partition coefficient (Wildman–Crippen LogP) is 5.78. The van der Waals surface area contributed by atoms with E-state index in [1.807, 2.05) is 6.07 Å². The van der Waals surface area contributed by atoms with E-state index in [1.54, 1.807) is 37.6 Å². The molecule has 2 N–H and O–H groups in total. The molecular formula is C31H39FN4O4. The van der Waals surface area contributed by atoms with Crippen molar-refractivity contribution >= 4 is 22.5 Å². The van der Waals surface area contributed by atoms with Crippen LogP contribution in [0.4, 0.5) is 10.1 Å². The highest BCUT2D eigenvalue weighted by molar-refractivity contribution is 5.97. The van der Waals surface area contributed by atoms with Gasteiger partial charge < -0.3 is 29.7 Å². The van der Waals surface area contributed by atoms with Gasteiger partial charge in [0.2, 0.25) is 5.91 Å². The van der Waals surface area contributed by atoms with Gasteiger partial charge in [-0.3, -0.25) is 9.78 Å². The van der Waals surface area contributed by atoms with E-state index in [2.05, 4.69) is 40.9 Å². The lowest BCUT2D eigenvalue weighted by Gasteiger charge is -2.18. The summed E-state index contributed by atoms with van der Waals surface area (Å²) in [5.74, 6) is 0.905. The number of fused-ring (bicyclic) bond motifs is 1. The molecule has 2 aromatic carbocycles. The standard InChI is InChI=1S/C31H39FN4O4/c1-5-14-33-21-31(12-13-31)30(37)35-22-9-10-27(24(32)18-22)40-26-11-15-34-25-20-29(28(38-4)19-23(25)26)39-17-8-16-36(6-2)7-3/h5,9-11,15,18-20,33H,1,6-8,12-14,16-17,21H2,2-4H3,(H,35,37). The zero-order chi connectivity index (χ0) is 28.5. The quantitative estimate of drug-likeness (QED) is 0.173. The molecule has 0 atom stereocenters. The lowest BCUT2D eigenvalue weighted by atomic mass is 10.1. The Labute approximate surface area is 235 Å². The van der Waals surface area contributed by atoms with E-state index in [-0.39, 0.29) is 11.7 Å². The molecule has 0 radical (unpaired) electrons. The third kappa shape index (κ3) is 7.08. The second-order valence-electron chi connectivity index (χ2n) is 9.96. The Bertz CT molecular complexity index is 1320. The third-order valence-electron chi connectivity index (χ3n) is 7.25. The number of amides is 1. The van der Waals surface area contributed by atoms with Crippen LogP contribution in [0.2, 0.25) is 0 Å². The number of methoxy groups -OCH3 is 1. The van der Waals surface area contributed by atoms with Crippen LogP contribution in [0.3, 0.4) is 0 Å². The first-order chi connectivity index (χ1) is 19.4. The van der Waals surface area contributed by atoms with E-state index in [1.165, 1.54) is 12.1 Å². The van der Waals surface area contributed by atoms with Crippen molar-refractivity contribution in [1.29, 1.82) is 0 Å². The fourth-order valence-corrected chi connectivity index (χ4v) is 4.59. The first-order valence-electron chi connectivity index (χ1n) is 13.9. The summed E-state index contributed by atoms with van der Waals surface area (Å²) in [5.41, 5.74) is 0.576. The minimum atomic E-state index is -0.586. The molecule has 1 aliphatic carbocycles. The van der Waals surface area contributed by atoms with Crippen molar-refractivity contribution in [1.82, 2.24) is 15.2 Å². The van der Waals surface area contributed by atoms with Crippen LogP contribution >= 0.6 is 0 Å². The maximum Gasteiger partial charge on any atom is 0.231 e. The molecule has 0 spiro atoms. The molecule has 0 saturated heterocycles. The van der Waals surface area contributed by atoms with Gasteiger partial charge in [0.15, 0.2) is 23.1 Å². The lowest BCUT2D eigenvalue weighted by Crippen LogP contribution is -2.34. The average molecular weight is 551 g/mol. The molecule has 8 nitrogen and oxygen atoms in total. The molecule has 0 bridgehead atoms. The maximum absolute atomic E-state index is 15.1. The van der Waals surface area contributed by atoms with E-state index in [9.17, 15) is 4.79 Å². The van der Waals surface area contributed by atoms with Gasteiger partial charge >= 0.3 is 0 Å². The first-order valence-corrected chi connectivity index (χ1v) is 13.9. The molecule has 1 aromatic heterocycles. The number of nitrogens with one attached hydrogen (secondary N) is 2. The maximum atomic E-state index is 15.1. The number of benzene rings is 2. The fraction of sp³-hybridized carbons (Fsp3) is 0.419. The van der Waals surface area contributed by atoms with E-state index in [0.29, 0.717) is 53.5 Å². The lowest BCUT2D eigenvalue weighted by molar-refractivity contribution is -0.121. The van der Waals surface area contributed by atoms with Crippen LogP contribution < -0.4 is 24.8 Å². The molecule has 4 rings (SSSR count). The molecular weight excluding hydrogens is 511 g/mol. The highest BCUT2D eigenvalue weighted by Gasteiger charge is 2.49. The second kappa shape index (κ2) is 13.6. The molecule has 3 aromatic rings. The van der Waals surface area contributed by atoms with Crippen molar-refractivity contribution in [2.24, 2.45) is 5.41 Å². The Morgan fingerprint density at radius 3 is 2.60 bits per heavy atom. The van der Waals surface area contributed by atoms with Crippen LogP contribution in [0.25, 0.3) is 10.9 Å². The molecule has 1 aliphatic rings. The molecule has 1 saturated carbocycles. The van der Waals surface area contributed by atoms with Crippen LogP contribution in [-0.4, -0.2) is 62.2 Å². The van der Waals surface area contributed by atoms with Crippen LogP contribution in [0.15, 0.2) is 55.3 Å². The molecule has 40 heavy (non-hydrogen) atoms. The number of pyridine rings is 1. The summed E-state index contributed by atoms with van der Waals surface area (Å²) < 4.78 is 32.6. The summed E-state index contributed by atoms with van der Waals surface area (Å²) in [6.45, 7) is 12.7. The monoisotopic (exact) mass is 550 g/mol. The van der Waals surface area contributed by atoms with E-state index in [0.717, 1.165) is 38.9 Å². The van der Waals surface area contributed by atoms with Crippen molar-refractivity contribution in [3.8, 4) is 23.0 Å². The summed E-state index contributed by atoms with van der Waals surface area (Å²) in [4.78, 5) is 19.6. The number of anilines is 1. The smallest absolute Gasteiger partial charge is 0.231 e. The molecule has 0 aliphatic heterocycles. The van der Waals surface area contributed by atoms with Gasteiger partial charge in [0.25, 0.3) is 0 Å². The zero-order valence-corrected chi connectivity index (χ0v) is 23.6. The highest BCUT2D eigenvalue weighted by Crippen LogP contribution is 2.46. The van der Waals surface area contributed by atoms with E-state index in [4.69, 9.17) is 14.2 Å². The number of nitrogens with zero attached hydrogens (tertiary/aromatic N) is 2. The van der Waals surface area contributed by atoms with Gasteiger partial charge in [-0.2, -0.15) is 0 Å². The number of carbonyl (C=O) groups is 1. The van der Waals surface area contributed by atoms with Crippen molar-refractivity contribution in [3.05, 3.63) is 61.1 Å². The topological polar surface area (TPSA) is 85.0 Å². The van der Waals surface area contributed by atoms with Crippen LogP contribution in [0.5, 0.6) is 23.0 Å². The Morgan fingerprint density at radius 1 is 1.12 bits per heavy atom. The summed E-state index contributed by atoms with van der Waals surface area (Å²) in [6.07, 6.45) is 5.85. The number of hydrogen-bond donors (Lipinski definition) is 2. The van der Waals surface area contributed by atoms with Crippen molar-refractivity contribution in [2.45, 2.75) is 33.1 Å². The second-order valence-corrected chi connectivity index (χ2v) is 9.96. The molecule has 214 valence electrons. The van der Waals surface area contributed by atoms with Crippen LogP contribution in [0.1, 0.15) is 33.1 Å². The normalized spacial score (nSPS) is 13.7. The number of hydrogen-bond acceptors (Lipinski definition) is 7. The van der Waals surface area contributed by atoms with Gasteiger partial charge in [-0.15, -0.1) is 6.58 Å². The molecule has 1 amide bonds. The summed E-state index contributed by atoms with van der Waals surface area (Å²) in [5, 5.41) is 6.71. The predicted molar refractivity (Wildman–Crippen MR) is 156 cm³/mol. The number of aromatic nitrogens is 1. The Balaban J connectivity index is 1.45. The van der Waals surface area contributed by atoms with Gasteiger partial charge in [-0.1, -0.05) is 19.9 Å². The average Bonchev–Trinajstić information content (AvgIpc) is 3.75. The number of ether oxygens (including phenoxy) is 3. The SMILES string of the molecule is C=CCNCC1(C(=O)Nc2ccc(Oc3ccnc4cc(OCCCN(CC)CC)c(OC)cc34)c(F)c2)CC1. The van der Waals surface area contributed by atoms with Gasteiger partial charge in [0.05, 0.1) is 24.6 Å². The van der Waals surface area contributed by atoms with Crippen molar-refractivity contribution in [3.63, 3.8) is 0 Å². The first kappa shape index (κ1) is 29.3. The summed E-state index contributed by atoms with van der Waals surface area (Å²) in [6, 6.07) is 9.70. The van der Waals surface area contributed by atoms with Crippen molar-refractivity contribution in [2.75, 3.05) is 51.8 Å². The summed E-state index contributed by atoms with van der Waals surface area (Å²) >= 11 is 0. The molecule has 1 heterocycles. The van der Waals surface area contributed by atoms with Gasteiger partial charge in [-0.25, -0.2) is 4.39 Å². The Morgan fingerprint density at radius 2 is 1.93 bits per heavy atom.